The van der Waals surface area contributed by atoms with E-state index in [-0.39, 0.29) is 5.88 Å². The molecule has 2 aromatic carbocycles. The highest BCUT2D eigenvalue weighted by atomic mass is 16.5. The number of nitrogens with zero attached hydrogens (tertiary/aromatic N) is 1. The van der Waals surface area contributed by atoms with E-state index in [0.29, 0.717) is 12.1 Å². The molecule has 0 unspecified atom stereocenters. The highest BCUT2D eigenvalue weighted by Gasteiger charge is 2.20. The molecule has 0 atom stereocenters. The van der Waals surface area contributed by atoms with Crippen molar-refractivity contribution in [3.05, 3.63) is 79.3 Å². The van der Waals surface area contributed by atoms with Gasteiger partial charge in [0, 0.05) is 5.69 Å². The van der Waals surface area contributed by atoms with Gasteiger partial charge in [0.05, 0.1) is 0 Å². The molecule has 1 aliphatic rings. The van der Waals surface area contributed by atoms with Crippen LogP contribution in [0.2, 0.25) is 0 Å². The zero-order chi connectivity index (χ0) is 16.8. The first-order valence-corrected chi connectivity index (χ1v) is 7.16. The van der Waals surface area contributed by atoms with Crippen LogP contribution in [-0.4, -0.2) is 17.3 Å². The van der Waals surface area contributed by atoms with Crippen LogP contribution in [0.25, 0.3) is 11.1 Å². The van der Waals surface area contributed by atoms with E-state index in [1.165, 1.54) is 12.5 Å². The van der Waals surface area contributed by atoms with Gasteiger partial charge in [-0.1, -0.05) is 42.5 Å². The predicted octanol–water partition coefficient (Wildman–Crippen LogP) is 3.66. The summed E-state index contributed by atoms with van der Waals surface area (Å²) < 4.78 is 9.97. The first kappa shape index (κ1) is 15.4. The lowest BCUT2D eigenvalue weighted by atomic mass is 10.1. The van der Waals surface area contributed by atoms with Gasteiger partial charge >= 0.3 is 6.03 Å². The highest BCUT2D eigenvalue weighted by Crippen LogP contribution is 2.22. The van der Waals surface area contributed by atoms with Crippen molar-refractivity contribution in [2.24, 2.45) is 0 Å². The molecule has 0 saturated carbocycles. The SMILES string of the molecule is O=CN(C(=O)Nc1cccc(-c2ccccc2)c1)C1=COC=CO1. The molecule has 1 heterocycles. The molecule has 24 heavy (non-hydrogen) atoms. The van der Waals surface area contributed by atoms with Crippen molar-refractivity contribution in [3.8, 4) is 11.1 Å². The van der Waals surface area contributed by atoms with Gasteiger partial charge < -0.3 is 14.8 Å². The number of nitrogens with one attached hydrogen (secondary N) is 1. The maximum absolute atomic E-state index is 12.3. The summed E-state index contributed by atoms with van der Waals surface area (Å²) in [5.74, 6) is -0.0239. The Hall–Kier alpha value is -3.54. The monoisotopic (exact) mass is 322 g/mol. The Balaban J connectivity index is 1.77. The molecule has 120 valence electrons. The third kappa shape index (κ3) is 3.44. The fraction of sp³-hybridized carbons (Fsp3) is 0. The van der Waals surface area contributed by atoms with E-state index in [0.717, 1.165) is 22.3 Å². The van der Waals surface area contributed by atoms with Crippen molar-refractivity contribution in [1.29, 1.82) is 0 Å². The number of carbonyl (C=O) groups excluding carboxylic acids is 2. The average molecular weight is 322 g/mol. The summed E-state index contributed by atoms with van der Waals surface area (Å²) in [6.07, 6.45) is 4.03. The molecule has 0 saturated heterocycles. The molecule has 0 radical (unpaired) electrons. The minimum atomic E-state index is -0.652. The average Bonchev–Trinajstić information content (AvgIpc) is 2.64. The Bertz CT molecular complexity index is 800. The second-order valence-electron chi connectivity index (χ2n) is 4.83. The van der Waals surface area contributed by atoms with Gasteiger partial charge in [0.25, 0.3) is 0 Å². The minimum Gasteiger partial charge on any atom is -0.464 e. The van der Waals surface area contributed by atoms with Crippen molar-refractivity contribution in [3.63, 3.8) is 0 Å². The van der Waals surface area contributed by atoms with Crippen molar-refractivity contribution < 1.29 is 19.1 Å². The molecule has 2 aromatic rings. The van der Waals surface area contributed by atoms with Gasteiger partial charge in [0.1, 0.15) is 12.5 Å². The van der Waals surface area contributed by atoms with Crippen LogP contribution in [0.1, 0.15) is 0 Å². The Morgan fingerprint density at radius 1 is 1.00 bits per heavy atom. The smallest absolute Gasteiger partial charge is 0.335 e. The van der Waals surface area contributed by atoms with E-state index in [2.05, 4.69) is 5.32 Å². The lowest BCUT2D eigenvalue weighted by Gasteiger charge is -2.19. The molecular weight excluding hydrogens is 308 g/mol. The van der Waals surface area contributed by atoms with Crippen LogP contribution in [0.15, 0.2) is 79.3 Å². The van der Waals surface area contributed by atoms with E-state index in [1.54, 1.807) is 6.07 Å². The van der Waals surface area contributed by atoms with Crippen LogP contribution < -0.4 is 5.32 Å². The van der Waals surface area contributed by atoms with Crippen LogP contribution in [0, 0.1) is 0 Å². The van der Waals surface area contributed by atoms with Gasteiger partial charge in [-0.3, -0.25) is 4.79 Å². The molecule has 0 aliphatic carbocycles. The van der Waals surface area contributed by atoms with Crippen molar-refractivity contribution in [2.75, 3.05) is 5.32 Å². The third-order valence-electron chi connectivity index (χ3n) is 3.27. The molecule has 1 aliphatic heterocycles. The molecule has 0 bridgehead atoms. The topological polar surface area (TPSA) is 67.9 Å². The van der Waals surface area contributed by atoms with Gasteiger partial charge in [-0.2, -0.15) is 0 Å². The number of amides is 3. The molecule has 3 rings (SSSR count). The number of carbonyl (C=O) groups is 2. The van der Waals surface area contributed by atoms with Crippen LogP contribution in [0.5, 0.6) is 0 Å². The number of ether oxygens (including phenoxy) is 2. The Labute approximate surface area is 138 Å². The first-order chi connectivity index (χ1) is 11.8. The largest absolute Gasteiger partial charge is 0.464 e. The summed E-state index contributed by atoms with van der Waals surface area (Å²) in [4.78, 5) is 24.2. The Morgan fingerprint density at radius 2 is 1.79 bits per heavy atom. The van der Waals surface area contributed by atoms with E-state index in [4.69, 9.17) is 9.47 Å². The number of anilines is 1. The maximum atomic E-state index is 12.3. The van der Waals surface area contributed by atoms with Crippen molar-refractivity contribution in [2.45, 2.75) is 0 Å². The molecule has 0 aromatic heterocycles. The van der Waals surface area contributed by atoms with Crippen LogP contribution in [0.3, 0.4) is 0 Å². The fourth-order valence-electron chi connectivity index (χ4n) is 2.16. The normalized spacial score (nSPS) is 12.4. The number of benzene rings is 2. The first-order valence-electron chi connectivity index (χ1n) is 7.16. The number of hydrogen-bond acceptors (Lipinski definition) is 4. The summed E-state index contributed by atoms with van der Waals surface area (Å²) in [6, 6.07) is 16.4. The van der Waals surface area contributed by atoms with Gasteiger partial charge in [0.15, 0.2) is 6.26 Å². The van der Waals surface area contributed by atoms with E-state index in [1.807, 2.05) is 48.5 Å². The summed E-state index contributed by atoms with van der Waals surface area (Å²) in [5.41, 5.74) is 2.53. The van der Waals surface area contributed by atoms with Gasteiger partial charge in [-0.05, 0) is 23.3 Å². The molecule has 1 N–H and O–H groups in total. The third-order valence-corrected chi connectivity index (χ3v) is 3.27. The summed E-state index contributed by atoms with van der Waals surface area (Å²) >= 11 is 0. The molecule has 3 amide bonds. The number of rotatable bonds is 4. The summed E-state index contributed by atoms with van der Waals surface area (Å²) in [7, 11) is 0. The lowest BCUT2D eigenvalue weighted by molar-refractivity contribution is -0.115. The van der Waals surface area contributed by atoms with E-state index >= 15 is 0 Å². The van der Waals surface area contributed by atoms with Gasteiger partial charge in [-0.15, -0.1) is 0 Å². The molecule has 6 nitrogen and oxygen atoms in total. The standard InChI is InChI=1S/C18H14N2O4/c21-13-20(17-12-23-9-10-24-17)18(22)19-16-8-4-7-15(11-16)14-5-2-1-3-6-14/h1-13H,(H,19,22). The fourth-order valence-corrected chi connectivity index (χ4v) is 2.16. The summed E-state index contributed by atoms with van der Waals surface area (Å²) in [5, 5.41) is 2.66. The molecule has 0 fully saturated rings. The Morgan fingerprint density at radius 3 is 2.50 bits per heavy atom. The number of imide groups is 1. The number of urea groups is 1. The molecule has 6 heteroatoms. The summed E-state index contributed by atoms with van der Waals surface area (Å²) in [6.45, 7) is 0. The zero-order valence-corrected chi connectivity index (χ0v) is 12.6. The number of hydrogen-bond donors (Lipinski definition) is 1. The van der Waals surface area contributed by atoms with E-state index < -0.39 is 6.03 Å². The lowest BCUT2D eigenvalue weighted by Crippen LogP contribution is -2.34. The second-order valence-corrected chi connectivity index (χ2v) is 4.83. The van der Waals surface area contributed by atoms with Crippen LogP contribution in [0.4, 0.5) is 10.5 Å². The second kappa shape index (κ2) is 7.15. The quantitative estimate of drug-likeness (QED) is 0.872. The van der Waals surface area contributed by atoms with Crippen molar-refractivity contribution >= 4 is 18.1 Å². The minimum absolute atomic E-state index is 0.0239. The predicted molar refractivity (Wildman–Crippen MR) is 88.2 cm³/mol. The van der Waals surface area contributed by atoms with Crippen LogP contribution in [-0.2, 0) is 14.3 Å². The molecular formula is C18H14N2O4. The zero-order valence-electron chi connectivity index (χ0n) is 12.6. The van der Waals surface area contributed by atoms with Gasteiger partial charge in [-0.25, -0.2) is 9.69 Å². The maximum Gasteiger partial charge on any atom is 0.335 e. The highest BCUT2D eigenvalue weighted by molar-refractivity contribution is 5.97. The molecule has 0 spiro atoms. The van der Waals surface area contributed by atoms with Gasteiger partial charge in [0.2, 0.25) is 12.3 Å². The van der Waals surface area contributed by atoms with E-state index in [9.17, 15) is 9.59 Å². The van der Waals surface area contributed by atoms with Crippen molar-refractivity contribution in [1.82, 2.24) is 4.90 Å². The van der Waals surface area contributed by atoms with Crippen LogP contribution >= 0.6 is 0 Å². The Kier molecular flexibility index (Phi) is 4.57.